The third-order valence-corrected chi connectivity index (χ3v) is 1.62. The van der Waals surface area contributed by atoms with Crippen LogP contribution in [0.25, 0.3) is 0 Å². The lowest BCUT2D eigenvalue weighted by Gasteiger charge is -2.13. The first-order chi connectivity index (χ1) is 5.49. The Morgan fingerprint density at radius 3 is 2.42 bits per heavy atom. The van der Waals surface area contributed by atoms with E-state index in [9.17, 15) is 4.79 Å². The van der Waals surface area contributed by atoms with Gasteiger partial charge >= 0.3 is 5.97 Å². The van der Waals surface area contributed by atoms with Crippen LogP contribution in [0.1, 0.15) is 27.2 Å². The molecule has 0 aromatic rings. The van der Waals surface area contributed by atoms with Crippen LogP contribution in [0, 0.1) is 5.92 Å². The molecule has 0 aliphatic carbocycles. The van der Waals surface area contributed by atoms with Crippen molar-refractivity contribution in [3.8, 4) is 0 Å². The largest absolute Gasteiger partial charge is 0.443 e. The number of carbonyl (C=O) groups is 1. The SMILES string of the molecule is C=C(C(=O)OC(N)CC)C(C)C. The molecule has 0 spiro atoms. The molecule has 2 N–H and O–H groups in total. The fraction of sp³-hybridized carbons (Fsp3) is 0.667. The summed E-state index contributed by atoms with van der Waals surface area (Å²) in [4.78, 5) is 11.2. The van der Waals surface area contributed by atoms with Gasteiger partial charge in [0, 0.05) is 5.57 Å². The average Bonchev–Trinajstić information content (AvgIpc) is 2.02. The maximum atomic E-state index is 11.2. The molecule has 0 saturated heterocycles. The van der Waals surface area contributed by atoms with Crippen molar-refractivity contribution < 1.29 is 9.53 Å². The molecule has 0 heterocycles. The van der Waals surface area contributed by atoms with Crippen LogP contribution >= 0.6 is 0 Å². The molecule has 0 bridgehead atoms. The quantitative estimate of drug-likeness (QED) is 0.395. The van der Waals surface area contributed by atoms with Gasteiger partial charge in [0.05, 0.1) is 0 Å². The van der Waals surface area contributed by atoms with Crippen LogP contribution in [0.4, 0.5) is 0 Å². The van der Waals surface area contributed by atoms with Crippen molar-refractivity contribution in [1.29, 1.82) is 0 Å². The summed E-state index contributed by atoms with van der Waals surface area (Å²) in [5.74, 6) is -0.277. The van der Waals surface area contributed by atoms with Gasteiger partial charge in [0.1, 0.15) is 0 Å². The Hall–Kier alpha value is -0.830. The lowest BCUT2D eigenvalue weighted by atomic mass is 10.1. The predicted molar refractivity (Wildman–Crippen MR) is 48.3 cm³/mol. The minimum Gasteiger partial charge on any atom is -0.443 e. The van der Waals surface area contributed by atoms with Crippen LogP contribution in [-0.2, 0) is 9.53 Å². The highest BCUT2D eigenvalue weighted by atomic mass is 16.6. The van der Waals surface area contributed by atoms with Crippen LogP contribution < -0.4 is 5.73 Å². The van der Waals surface area contributed by atoms with E-state index >= 15 is 0 Å². The normalized spacial score (nSPS) is 12.8. The Morgan fingerprint density at radius 2 is 2.08 bits per heavy atom. The van der Waals surface area contributed by atoms with Gasteiger partial charge in [-0.3, -0.25) is 5.73 Å². The summed E-state index contributed by atoms with van der Waals surface area (Å²) < 4.78 is 4.86. The van der Waals surface area contributed by atoms with Gasteiger partial charge in [-0.15, -0.1) is 0 Å². The first-order valence-electron chi connectivity index (χ1n) is 4.14. The number of rotatable bonds is 4. The lowest BCUT2D eigenvalue weighted by molar-refractivity contribution is -0.144. The van der Waals surface area contributed by atoms with Gasteiger partial charge in [-0.05, 0) is 12.3 Å². The highest BCUT2D eigenvalue weighted by molar-refractivity contribution is 5.88. The van der Waals surface area contributed by atoms with Gasteiger partial charge in [0.25, 0.3) is 0 Å². The Labute approximate surface area is 73.6 Å². The minimum atomic E-state index is -0.506. The number of nitrogens with two attached hydrogens (primary N) is 1. The van der Waals surface area contributed by atoms with E-state index in [-0.39, 0.29) is 11.9 Å². The second-order valence-corrected chi connectivity index (χ2v) is 3.03. The van der Waals surface area contributed by atoms with Crippen molar-refractivity contribution in [2.75, 3.05) is 0 Å². The summed E-state index contributed by atoms with van der Waals surface area (Å²) in [5, 5.41) is 0. The van der Waals surface area contributed by atoms with Crippen molar-refractivity contribution in [2.45, 2.75) is 33.4 Å². The molecule has 0 radical (unpaired) electrons. The molecule has 3 heteroatoms. The first kappa shape index (κ1) is 11.2. The Bertz CT molecular complexity index is 175. The smallest absolute Gasteiger partial charge is 0.335 e. The zero-order chi connectivity index (χ0) is 9.72. The Morgan fingerprint density at radius 1 is 1.58 bits per heavy atom. The fourth-order valence-corrected chi connectivity index (χ4v) is 0.532. The highest BCUT2D eigenvalue weighted by Crippen LogP contribution is 2.09. The molecule has 12 heavy (non-hydrogen) atoms. The van der Waals surface area contributed by atoms with Crippen molar-refractivity contribution >= 4 is 5.97 Å². The zero-order valence-corrected chi connectivity index (χ0v) is 7.96. The van der Waals surface area contributed by atoms with Crippen molar-refractivity contribution in [1.82, 2.24) is 0 Å². The van der Waals surface area contributed by atoms with E-state index in [0.29, 0.717) is 12.0 Å². The highest BCUT2D eigenvalue weighted by Gasteiger charge is 2.14. The third kappa shape index (κ3) is 3.53. The standard InChI is InChI=1S/C9H17NO2/c1-5-8(10)12-9(11)7(4)6(2)3/h6,8H,4-5,10H2,1-3H3. The topological polar surface area (TPSA) is 52.3 Å². The van der Waals surface area contributed by atoms with E-state index in [4.69, 9.17) is 10.5 Å². The Balaban J connectivity index is 3.96. The molecule has 70 valence electrons. The minimum absolute atomic E-state index is 0.113. The van der Waals surface area contributed by atoms with E-state index in [1.807, 2.05) is 20.8 Å². The summed E-state index contributed by atoms with van der Waals surface area (Å²) in [6.45, 7) is 9.25. The van der Waals surface area contributed by atoms with E-state index < -0.39 is 6.23 Å². The first-order valence-corrected chi connectivity index (χ1v) is 4.14. The second kappa shape index (κ2) is 4.93. The maximum Gasteiger partial charge on any atom is 0.335 e. The molecular formula is C9H17NO2. The summed E-state index contributed by atoms with van der Waals surface area (Å²) >= 11 is 0. The van der Waals surface area contributed by atoms with Gasteiger partial charge < -0.3 is 4.74 Å². The van der Waals surface area contributed by atoms with Crippen molar-refractivity contribution in [3.63, 3.8) is 0 Å². The molecule has 0 aromatic carbocycles. The number of ether oxygens (including phenoxy) is 1. The number of esters is 1. The van der Waals surface area contributed by atoms with Crippen LogP contribution in [0.5, 0.6) is 0 Å². The van der Waals surface area contributed by atoms with Gasteiger partial charge in [0.15, 0.2) is 6.23 Å². The molecule has 3 nitrogen and oxygen atoms in total. The van der Waals surface area contributed by atoms with Gasteiger partial charge in [-0.25, -0.2) is 4.79 Å². The average molecular weight is 171 g/mol. The third-order valence-electron chi connectivity index (χ3n) is 1.62. The lowest BCUT2D eigenvalue weighted by Crippen LogP contribution is -2.27. The number of hydrogen-bond donors (Lipinski definition) is 1. The maximum absolute atomic E-state index is 11.2. The van der Waals surface area contributed by atoms with Crippen LogP contribution in [-0.4, -0.2) is 12.2 Å². The van der Waals surface area contributed by atoms with E-state index in [1.165, 1.54) is 0 Å². The molecular weight excluding hydrogens is 154 g/mol. The van der Waals surface area contributed by atoms with Crippen LogP contribution in [0.15, 0.2) is 12.2 Å². The van der Waals surface area contributed by atoms with Crippen molar-refractivity contribution in [3.05, 3.63) is 12.2 Å². The molecule has 0 aromatic heterocycles. The molecule has 0 fully saturated rings. The molecule has 0 aliphatic heterocycles. The second-order valence-electron chi connectivity index (χ2n) is 3.03. The molecule has 0 aliphatic rings. The summed E-state index contributed by atoms with van der Waals surface area (Å²) in [6, 6.07) is 0. The zero-order valence-electron chi connectivity index (χ0n) is 7.96. The van der Waals surface area contributed by atoms with E-state index in [0.717, 1.165) is 0 Å². The molecule has 1 unspecified atom stereocenters. The number of hydrogen-bond acceptors (Lipinski definition) is 3. The summed E-state index contributed by atoms with van der Waals surface area (Å²) in [6.07, 6.45) is 0.116. The van der Waals surface area contributed by atoms with E-state index in [2.05, 4.69) is 6.58 Å². The monoisotopic (exact) mass is 171 g/mol. The molecule has 1 atom stereocenters. The van der Waals surface area contributed by atoms with Crippen LogP contribution in [0.2, 0.25) is 0 Å². The molecule has 0 saturated carbocycles. The number of carbonyl (C=O) groups excluding carboxylic acids is 1. The molecule has 0 amide bonds. The van der Waals surface area contributed by atoms with Crippen LogP contribution in [0.3, 0.4) is 0 Å². The van der Waals surface area contributed by atoms with Gasteiger partial charge in [-0.2, -0.15) is 0 Å². The summed E-state index contributed by atoms with van der Waals surface area (Å²) in [7, 11) is 0. The molecule has 0 rings (SSSR count). The van der Waals surface area contributed by atoms with Gasteiger partial charge in [0.2, 0.25) is 0 Å². The van der Waals surface area contributed by atoms with Gasteiger partial charge in [-0.1, -0.05) is 27.4 Å². The van der Waals surface area contributed by atoms with Crippen molar-refractivity contribution in [2.24, 2.45) is 11.7 Å². The fourth-order valence-electron chi connectivity index (χ4n) is 0.532. The Kier molecular flexibility index (Phi) is 4.59. The van der Waals surface area contributed by atoms with E-state index in [1.54, 1.807) is 0 Å². The summed E-state index contributed by atoms with van der Waals surface area (Å²) in [5.41, 5.74) is 5.90. The predicted octanol–water partition coefficient (Wildman–Crippen LogP) is 1.44.